The molecule has 25 heavy (non-hydrogen) atoms. The highest BCUT2D eigenvalue weighted by atomic mass is 16.6. The van der Waals surface area contributed by atoms with E-state index >= 15 is 0 Å². The summed E-state index contributed by atoms with van der Waals surface area (Å²) in [4.78, 5) is 25.4. The number of esters is 1. The molecule has 0 radical (unpaired) electrons. The van der Waals surface area contributed by atoms with Gasteiger partial charge in [-0.1, -0.05) is 12.1 Å². The number of rotatable bonds is 4. The van der Waals surface area contributed by atoms with Crippen LogP contribution in [0.25, 0.3) is 0 Å². The van der Waals surface area contributed by atoms with Gasteiger partial charge in [-0.2, -0.15) is 0 Å². The number of methoxy groups -OCH3 is 1. The van der Waals surface area contributed by atoms with E-state index in [2.05, 4.69) is 15.0 Å². The molecule has 0 aromatic heterocycles. The first-order chi connectivity index (χ1) is 11.8. The molecule has 1 aliphatic heterocycles. The standard InChI is InChI=1S/C19H28N2O4/c1-19(2,3)25-18(23)20-15-9-11-21(12-10-15)16-7-5-14(6-8-16)13-17(22)24-4/h5-8,15H,9-13H2,1-4H3,(H,20,23). The van der Waals surface area contributed by atoms with Gasteiger partial charge in [0.25, 0.3) is 0 Å². The van der Waals surface area contributed by atoms with Gasteiger partial charge in [0, 0.05) is 24.8 Å². The third-order valence-corrected chi connectivity index (χ3v) is 4.09. The van der Waals surface area contributed by atoms with Gasteiger partial charge in [0.2, 0.25) is 0 Å². The van der Waals surface area contributed by atoms with Crippen LogP contribution < -0.4 is 10.2 Å². The van der Waals surface area contributed by atoms with Gasteiger partial charge >= 0.3 is 12.1 Å². The largest absolute Gasteiger partial charge is 0.469 e. The maximum atomic E-state index is 11.8. The minimum Gasteiger partial charge on any atom is -0.469 e. The van der Waals surface area contributed by atoms with Crippen molar-refractivity contribution in [3.05, 3.63) is 29.8 Å². The lowest BCUT2D eigenvalue weighted by atomic mass is 10.0. The first-order valence-corrected chi connectivity index (χ1v) is 8.67. The molecule has 1 amide bonds. The van der Waals surface area contributed by atoms with Gasteiger partial charge in [-0.25, -0.2) is 4.79 Å². The Morgan fingerprint density at radius 2 is 1.76 bits per heavy atom. The number of piperidine rings is 1. The summed E-state index contributed by atoms with van der Waals surface area (Å²) in [6.45, 7) is 7.32. The molecule has 1 aromatic carbocycles. The molecule has 0 bridgehead atoms. The highest BCUT2D eigenvalue weighted by Gasteiger charge is 2.23. The van der Waals surface area contributed by atoms with Crippen LogP contribution in [-0.2, 0) is 20.7 Å². The Bertz CT molecular complexity index is 584. The summed E-state index contributed by atoms with van der Waals surface area (Å²) in [5.74, 6) is -0.234. The number of hydrogen-bond donors (Lipinski definition) is 1. The van der Waals surface area contributed by atoms with Crippen LogP contribution in [0.15, 0.2) is 24.3 Å². The zero-order chi connectivity index (χ0) is 18.4. The van der Waals surface area contributed by atoms with Gasteiger partial charge < -0.3 is 19.7 Å². The fourth-order valence-electron chi connectivity index (χ4n) is 2.82. The molecule has 1 heterocycles. The molecule has 1 saturated heterocycles. The predicted octanol–water partition coefficient (Wildman–Crippen LogP) is 2.90. The van der Waals surface area contributed by atoms with E-state index in [4.69, 9.17) is 4.74 Å². The second kappa shape index (κ2) is 8.23. The lowest BCUT2D eigenvalue weighted by molar-refractivity contribution is -0.139. The SMILES string of the molecule is COC(=O)Cc1ccc(N2CCC(NC(=O)OC(C)(C)C)CC2)cc1. The van der Waals surface area contributed by atoms with E-state index in [1.165, 1.54) is 7.11 Å². The van der Waals surface area contributed by atoms with Crippen LogP contribution in [0.3, 0.4) is 0 Å². The van der Waals surface area contributed by atoms with Gasteiger partial charge in [0.15, 0.2) is 0 Å². The van der Waals surface area contributed by atoms with E-state index in [9.17, 15) is 9.59 Å². The summed E-state index contributed by atoms with van der Waals surface area (Å²) in [5.41, 5.74) is 1.60. The summed E-state index contributed by atoms with van der Waals surface area (Å²) in [6, 6.07) is 8.11. The smallest absolute Gasteiger partial charge is 0.407 e. The van der Waals surface area contributed by atoms with Crippen molar-refractivity contribution < 1.29 is 19.1 Å². The van der Waals surface area contributed by atoms with Gasteiger partial charge in [0.05, 0.1) is 13.5 Å². The fourth-order valence-corrected chi connectivity index (χ4v) is 2.82. The minimum atomic E-state index is -0.475. The van der Waals surface area contributed by atoms with E-state index in [0.717, 1.165) is 37.2 Å². The Labute approximate surface area is 149 Å². The molecule has 1 aliphatic rings. The van der Waals surface area contributed by atoms with Crippen molar-refractivity contribution in [3.63, 3.8) is 0 Å². The molecule has 0 unspecified atom stereocenters. The number of carbonyl (C=O) groups is 2. The highest BCUT2D eigenvalue weighted by Crippen LogP contribution is 2.21. The molecule has 6 nitrogen and oxygen atoms in total. The monoisotopic (exact) mass is 348 g/mol. The summed E-state index contributed by atoms with van der Waals surface area (Å²) < 4.78 is 9.98. The maximum absolute atomic E-state index is 11.8. The predicted molar refractivity (Wildman–Crippen MR) is 96.8 cm³/mol. The van der Waals surface area contributed by atoms with Crippen LogP contribution in [0.2, 0.25) is 0 Å². The van der Waals surface area contributed by atoms with Crippen LogP contribution in [0.5, 0.6) is 0 Å². The Kier molecular flexibility index (Phi) is 6.28. The van der Waals surface area contributed by atoms with Crippen molar-refractivity contribution >= 4 is 17.7 Å². The Hall–Kier alpha value is -2.24. The van der Waals surface area contributed by atoms with Crippen molar-refractivity contribution in [3.8, 4) is 0 Å². The fraction of sp³-hybridized carbons (Fsp3) is 0.579. The summed E-state index contributed by atoms with van der Waals surface area (Å²) in [7, 11) is 1.40. The summed E-state index contributed by atoms with van der Waals surface area (Å²) in [6.07, 6.45) is 1.70. The number of carbonyl (C=O) groups excluding carboxylic acids is 2. The van der Waals surface area contributed by atoms with Gasteiger partial charge in [0.1, 0.15) is 5.60 Å². The normalized spacial score (nSPS) is 15.6. The Balaban J connectivity index is 1.81. The third kappa shape index (κ3) is 6.29. The molecule has 0 spiro atoms. The first-order valence-electron chi connectivity index (χ1n) is 8.67. The highest BCUT2D eigenvalue weighted by molar-refractivity contribution is 5.72. The van der Waals surface area contributed by atoms with Crippen LogP contribution in [-0.4, -0.2) is 43.9 Å². The number of amides is 1. The van der Waals surface area contributed by atoms with Gasteiger partial charge in [-0.15, -0.1) is 0 Å². The van der Waals surface area contributed by atoms with Crippen LogP contribution in [0.4, 0.5) is 10.5 Å². The van der Waals surface area contributed by atoms with E-state index in [0.29, 0.717) is 6.42 Å². The lowest BCUT2D eigenvalue weighted by Gasteiger charge is -2.34. The lowest BCUT2D eigenvalue weighted by Crippen LogP contribution is -2.46. The van der Waals surface area contributed by atoms with Crippen molar-refractivity contribution in [1.29, 1.82) is 0 Å². The zero-order valence-electron chi connectivity index (χ0n) is 15.5. The van der Waals surface area contributed by atoms with Crippen molar-refractivity contribution in [2.24, 2.45) is 0 Å². The molecule has 1 aromatic rings. The van der Waals surface area contributed by atoms with E-state index < -0.39 is 5.60 Å². The second-order valence-corrected chi connectivity index (χ2v) is 7.33. The number of nitrogens with zero attached hydrogens (tertiary/aromatic N) is 1. The van der Waals surface area contributed by atoms with E-state index in [1.54, 1.807) is 0 Å². The first kappa shape index (κ1) is 19.1. The molecule has 138 valence electrons. The molecular formula is C19H28N2O4. The number of ether oxygens (including phenoxy) is 2. The number of anilines is 1. The van der Waals surface area contributed by atoms with Crippen LogP contribution in [0, 0.1) is 0 Å². The summed E-state index contributed by atoms with van der Waals surface area (Å²) >= 11 is 0. The Morgan fingerprint density at radius 1 is 1.16 bits per heavy atom. The van der Waals surface area contributed by atoms with Crippen LogP contribution >= 0.6 is 0 Å². The average molecular weight is 348 g/mol. The molecule has 2 rings (SSSR count). The molecular weight excluding hydrogens is 320 g/mol. The number of benzene rings is 1. The number of hydrogen-bond acceptors (Lipinski definition) is 5. The number of alkyl carbamates (subject to hydrolysis) is 1. The van der Waals surface area contributed by atoms with Crippen molar-refractivity contribution in [2.45, 2.75) is 51.7 Å². The quantitative estimate of drug-likeness (QED) is 0.848. The van der Waals surface area contributed by atoms with Crippen LogP contribution in [0.1, 0.15) is 39.2 Å². The minimum absolute atomic E-state index is 0.143. The van der Waals surface area contributed by atoms with Gasteiger partial charge in [-0.05, 0) is 51.3 Å². The molecule has 0 saturated carbocycles. The zero-order valence-corrected chi connectivity index (χ0v) is 15.5. The third-order valence-electron chi connectivity index (χ3n) is 4.09. The maximum Gasteiger partial charge on any atom is 0.407 e. The van der Waals surface area contributed by atoms with E-state index in [-0.39, 0.29) is 18.1 Å². The van der Waals surface area contributed by atoms with Crippen molar-refractivity contribution in [2.75, 3.05) is 25.1 Å². The topological polar surface area (TPSA) is 67.9 Å². The molecule has 0 atom stereocenters. The van der Waals surface area contributed by atoms with E-state index in [1.807, 2.05) is 45.0 Å². The molecule has 1 fully saturated rings. The number of nitrogens with one attached hydrogen (secondary N) is 1. The molecule has 6 heteroatoms. The second-order valence-electron chi connectivity index (χ2n) is 7.33. The summed E-state index contributed by atoms with van der Waals surface area (Å²) in [5, 5.41) is 2.95. The Morgan fingerprint density at radius 3 is 2.28 bits per heavy atom. The molecule has 1 N–H and O–H groups in total. The van der Waals surface area contributed by atoms with Gasteiger partial charge in [-0.3, -0.25) is 4.79 Å². The average Bonchev–Trinajstić information content (AvgIpc) is 2.54. The molecule has 0 aliphatic carbocycles. The van der Waals surface area contributed by atoms with Crippen molar-refractivity contribution in [1.82, 2.24) is 5.32 Å².